The summed E-state index contributed by atoms with van der Waals surface area (Å²) in [5, 5.41) is 13.3. The SMILES string of the molecule is CC[NH+](CC(=O)NCc1cccs1)Cn1nnc2ccccc21. The number of fused-ring (bicyclic) bond motifs is 1. The molecule has 23 heavy (non-hydrogen) atoms. The molecule has 1 unspecified atom stereocenters. The van der Waals surface area contributed by atoms with Crippen LogP contribution in [0.4, 0.5) is 0 Å². The molecule has 0 saturated heterocycles. The fraction of sp³-hybridized carbons (Fsp3) is 0.312. The summed E-state index contributed by atoms with van der Waals surface area (Å²) in [6.07, 6.45) is 0. The smallest absolute Gasteiger partial charge is 0.275 e. The minimum atomic E-state index is 0.0553. The van der Waals surface area contributed by atoms with E-state index < -0.39 is 0 Å². The Labute approximate surface area is 138 Å². The van der Waals surface area contributed by atoms with Gasteiger partial charge in [-0.3, -0.25) is 4.79 Å². The number of amides is 1. The lowest BCUT2D eigenvalue weighted by Crippen LogP contribution is -3.12. The summed E-state index contributed by atoms with van der Waals surface area (Å²) in [6, 6.07) is 11.9. The molecule has 0 aliphatic heterocycles. The Balaban J connectivity index is 1.58. The molecule has 3 rings (SSSR count). The average Bonchev–Trinajstić information content (AvgIpc) is 3.22. The van der Waals surface area contributed by atoms with Gasteiger partial charge < -0.3 is 10.2 Å². The molecule has 6 nitrogen and oxygen atoms in total. The quantitative estimate of drug-likeness (QED) is 0.669. The van der Waals surface area contributed by atoms with Gasteiger partial charge in [-0.1, -0.05) is 23.4 Å². The summed E-state index contributed by atoms with van der Waals surface area (Å²) >= 11 is 1.65. The molecule has 2 heterocycles. The largest absolute Gasteiger partial charge is 0.346 e. The van der Waals surface area contributed by atoms with Crippen LogP contribution >= 0.6 is 11.3 Å². The third-order valence-corrected chi connectivity index (χ3v) is 4.62. The predicted octanol–water partition coefficient (Wildman–Crippen LogP) is 0.672. The minimum Gasteiger partial charge on any atom is -0.346 e. The van der Waals surface area contributed by atoms with Gasteiger partial charge in [-0.05, 0) is 30.5 Å². The second-order valence-corrected chi connectivity index (χ2v) is 6.40. The Morgan fingerprint density at radius 3 is 2.96 bits per heavy atom. The Morgan fingerprint density at radius 1 is 1.30 bits per heavy atom. The molecule has 1 aromatic carbocycles. The van der Waals surface area contributed by atoms with Crippen molar-refractivity contribution in [3.63, 3.8) is 0 Å². The number of para-hydroxylation sites is 1. The summed E-state index contributed by atoms with van der Waals surface area (Å²) in [7, 11) is 0. The summed E-state index contributed by atoms with van der Waals surface area (Å²) < 4.78 is 1.86. The molecule has 0 saturated carbocycles. The fourth-order valence-corrected chi connectivity index (χ4v) is 3.07. The topological polar surface area (TPSA) is 64.2 Å². The number of hydrogen-bond acceptors (Lipinski definition) is 4. The molecule has 0 aliphatic rings. The Kier molecular flexibility index (Phi) is 4.99. The lowest BCUT2D eigenvalue weighted by Gasteiger charge is -2.17. The van der Waals surface area contributed by atoms with Crippen molar-refractivity contribution in [1.82, 2.24) is 20.3 Å². The number of nitrogens with zero attached hydrogens (tertiary/aromatic N) is 3. The average molecular weight is 330 g/mol. The van der Waals surface area contributed by atoms with E-state index in [4.69, 9.17) is 0 Å². The maximum Gasteiger partial charge on any atom is 0.275 e. The Hall–Kier alpha value is -2.25. The van der Waals surface area contributed by atoms with E-state index in [0.717, 1.165) is 22.5 Å². The highest BCUT2D eigenvalue weighted by Gasteiger charge is 2.15. The van der Waals surface area contributed by atoms with E-state index in [1.165, 1.54) is 4.88 Å². The van der Waals surface area contributed by atoms with Crippen LogP contribution in [0.15, 0.2) is 41.8 Å². The monoisotopic (exact) mass is 330 g/mol. The van der Waals surface area contributed by atoms with Gasteiger partial charge >= 0.3 is 0 Å². The van der Waals surface area contributed by atoms with Crippen LogP contribution in [0.2, 0.25) is 0 Å². The molecule has 1 atom stereocenters. The maximum atomic E-state index is 12.1. The third-order valence-electron chi connectivity index (χ3n) is 3.74. The zero-order chi connectivity index (χ0) is 16.1. The predicted molar refractivity (Wildman–Crippen MR) is 90.1 cm³/mol. The van der Waals surface area contributed by atoms with Crippen molar-refractivity contribution in [3.8, 4) is 0 Å². The summed E-state index contributed by atoms with van der Waals surface area (Å²) in [4.78, 5) is 14.4. The molecule has 1 amide bonds. The normalized spacial score (nSPS) is 12.4. The van der Waals surface area contributed by atoms with Crippen molar-refractivity contribution in [3.05, 3.63) is 46.7 Å². The zero-order valence-corrected chi connectivity index (χ0v) is 13.8. The van der Waals surface area contributed by atoms with Gasteiger partial charge in [0, 0.05) is 4.88 Å². The first-order valence-electron chi connectivity index (χ1n) is 7.67. The molecular formula is C16H20N5OS+. The maximum absolute atomic E-state index is 12.1. The van der Waals surface area contributed by atoms with Crippen LogP contribution in [0.3, 0.4) is 0 Å². The second kappa shape index (κ2) is 7.34. The van der Waals surface area contributed by atoms with Gasteiger partial charge in [-0.25, -0.2) is 0 Å². The van der Waals surface area contributed by atoms with Crippen molar-refractivity contribution < 1.29 is 9.69 Å². The molecule has 0 radical (unpaired) electrons. The van der Waals surface area contributed by atoms with Crippen molar-refractivity contribution in [2.24, 2.45) is 0 Å². The van der Waals surface area contributed by atoms with Crippen molar-refractivity contribution in [1.29, 1.82) is 0 Å². The van der Waals surface area contributed by atoms with Crippen molar-refractivity contribution in [2.75, 3.05) is 13.1 Å². The van der Waals surface area contributed by atoms with E-state index >= 15 is 0 Å². The Bertz CT molecular complexity index is 768. The van der Waals surface area contributed by atoms with Gasteiger partial charge in [0.15, 0.2) is 13.2 Å². The number of carbonyl (C=O) groups excluding carboxylic acids is 1. The van der Waals surface area contributed by atoms with Crippen molar-refractivity contribution >= 4 is 28.3 Å². The van der Waals surface area contributed by atoms with Crippen LogP contribution in [0, 0.1) is 0 Å². The molecule has 0 bridgehead atoms. The highest BCUT2D eigenvalue weighted by Crippen LogP contribution is 2.08. The number of thiophene rings is 1. The van der Waals surface area contributed by atoms with Gasteiger partial charge in [0.25, 0.3) is 5.91 Å². The highest BCUT2D eigenvalue weighted by atomic mass is 32.1. The number of nitrogens with one attached hydrogen (secondary N) is 2. The van der Waals surface area contributed by atoms with E-state index in [9.17, 15) is 4.79 Å². The van der Waals surface area contributed by atoms with Crippen LogP contribution in [0.1, 0.15) is 11.8 Å². The van der Waals surface area contributed by atoms with Crippen LogP contribution in [-0.2, 0) is 18.0 Å². The fourth-order valence-electron chi connectivity index (χ4n) is 2.43. The first-order chi connectivity index (χ1) is 11.3. The van der Waals surface area contributed by atoms with Gasteiger partial charge in [-0.15, -0.1) is 16.4 Å². The number of hydrogen-bond donors (Lipinski definition) is 2. The van der Waals surface area contributed by atoms with E-state index in [1.54, 1.807) is 11.3 Å². The van der Waals surface area contributed by atoms with Gasteiger partial charge in [-0.2, -0.15) is 4.68 Å². The molecule has 2 N–H and O–H groups in total. The number of likely N-dealkylation sites (N-methyl/N-ethyl adjacent to an activating group) is 1. The summed E-state index contributed by atoms with van der Waals surface area (Å²) in [5.74, 6) is 0.0553. The number of rotatable bonds is 7. The van der Waals surface area contributed by atoms with E-state index in [2.05, 4.69) is 22.6 Å². The molecule has 120 valence electrons. The van der Waals surface area contributed by atoms with Gasteiger partial charge in [0.1, 0.15) is 5.52 Å². The molecule has 0 aliphatic carbocycles. The van der Waals surface area contributed by atoms with Crippen LogP contribution in [-0.4, -0.2) is 34.0 Å². The molecular weight excluding hydrogens is 310 g/mol. The van der Waals surface area contributed by atoms with E-state index in [0.29, 0.717) is 19.8 Å². The molecule has 0 fully saturated rings. The number of quaternary nitrogens is 1. The molecule has 2 aromatic heterocycles. The summed E-state index contributed by atoms with van der Waals surface area (Å²) in [6.45, 7) is 4.57. The number of carbonyl (C=O) groups is 1. The molecule has 0 spiro atoms. The highest BCUT2D eigenvalue weighted by molar-refractivity contribution is 7.09. The molecule has 7 heteroatoms. The molecule has 3 aromatic rings. The lowest BCUT2D eigenvalue weighted by molar-refractivity contribution is -0.913. The van der Waals surface area contributed by atoms with Crippen molar-refractivity contribution in [2.45, 2.75) is 20.1 Å². The first-order valence-corrected chi connectivity index (χ1v) is 8.55. The van der Waals surface area contributed by atoms with Crippen LogP contribution in [0.5, 0.6) is 0 Å². The first kappa shape index (κ1) is 15.6. The standard InChI is InChI=1S/C16H19N5OS/c1-2-20(11-16(22)17-10-13-6-5-9-23-13)12-21-15-8-4-3-7-14(15)18-19-21/h3-9H,2,10-12H2,1H3,(H,17,22)/p+1. The zero-order valence-electron chi connectivity index (χ0n) is 13.0. The number of aromatic nitrogens is 3. The van der Waals surface area contributed by atoms with Crippen LogP contribution < -0.4 is 10.2 Å². The number of benzene rings is 1. The summed E-state index contributed by atoms with van der Waals surface area (Å²) in [5.41, 5.74) is 1.88. The van der Waals surface area contributed by atoms with E-state index in [-0.39, 0.29) is 5.91 Å². The van der Waals surface area contributed by atoms with E-state index in [1.807, 2.05) is 46.5 Å². The van der Waals surface area contributed by atoms with Gasteiger partial charge in [0.05, 0.1) is 18.6 Å². The second-order valence-electron chi connectivity index (χ2n) is 5.37. The Morgan fingerprint density at radius 2 is 2.17 bits per heavy atom. The van der Waals surface area contributed by atoms with Crippen LogP contribution in [0.25, 0.3) is 11.0 Å². The minimum absolute atomic E-state index is 0.0553. The van der Waals surface area contributed by atoms with Gasteiger partial charge in [0.2, 0.25) is 0 Å². The third kappa shape index (κ3) is 3.94. The lowest BCUT2D eigenvalue weighted by atomic mass is 10.3.